The number of hydrogen-bond acceptors (Lipinski definition) is 2. The van der Waals surface area contributed by atoms with E-state index in [9.17, 15) is 4.79 Å². The number of benzene rings is 1. The molecule has 3 atom stereocenters. The molecule has 0 radical (unpaired) electrons. The van der Waals surface area contributed by atoms with Crippen molar-refractivity contribution >= 4 is 5.91 Å². The van der Waals surface area contributed by atoms with Crippen molar-refractivity contribution in [2.45, 2.75) is 39.4 Å². The predicted molar refractivity (Wildman–Crippen MR) is 75.4 cm³/mol. The van der Waals surface area contributed by atoms with E-state index in [1.165, 1.54) is 12.0 Å². The van der Waals surface area contributed by atoms with Crippen molar-refractivity contribution < 1.29 is 4.79 Å². The number of carbonyl (C=O) groups is 1. The average molecular weight is 258 g/mol. The summed E-state index contributed by atoms with van der Waals surface area (Å²) in [5, 5.41) is 3.41. The maximum absolute atomic E-state index is 12.3. The minimum Gasteiger partial charge on any atom is -0.321 e. The lowest BCUT2D eigenvalue weighted by Gasteiger charge is -2.25. The molecule has 3 rings (SSSR count). The van der Waals surface area contributed by atoms with Crippen LogP contribution >= 0.6 is 0 Å². The number of hydrogen-bond donors (Lipinski definition) is 1. The molecule has 1 aliphatic heterocycles. The average Bonchev–Trinajstić information content (AvgIpc) is 2.90. The van der Waals surface area contributed by atoms with E-state index in [2.05, 4.69) is 31.3 Å². The van der Waals surface area contributed by atoms with Gasteiger partial charge in [0.1, 0.15) is 6.17 Å². The summed E-state index contributed by atoms with van der Waals surface area (Å²) in [6.07, 6.45) is 1.27. The molecule has 2 fully saturated rings. The summed E-state index contributed by atoms with van der Waals surface area (Å²) in [5.41, 5.74) is 1.59. The Morgan fingerprint density at radius 3 is 2.53 bits per heavy atom. The zero-order valence-electron chi connectivity index (χ0n) is 11.9. The molecule has 3 heteroatoms. The minimum atomic E-state index is -0.0768. The van der Waals surface area contributed by atoms with Crippen molar-refractivity contribution in [1.82, 2.24) is 10.2 Å². The third kappa shape index (κ3) is 2.27. The van der Waals surface area contributed by atoms with Gasteiger partial charge in [0.05, 0.1) is 6.04 Å². The van der Waals surface area contributed by atoms with Crippen molar-refractivity contribution in [2.24, 2.45) is 11.3 Å². The van der Waals surface area contributed by atoms with Crippen LogP contribution in [0.5, 0.6) is 0 Å². The molecule has 0 spiro atoms. The molecular weight excluding hydrogens is 236 g/mol. The minimum absolute atomic E-state index is 0.0418. The number of amides is 1. The van der Waals surface area contributed by atoms with Crippen LogP contribution < -0.4 is 5.32 Å². The van der Waals surface area contributed by atoms with Gasteiger partial charge in [0.25, 0.3) is 0 Å². The van der Waals surface area contributed by atoms with Crippen LogP contribution in [0.15, 0.2) is 30.3 Å². The van der Waals surface area contributed by atoms with Gasteiger partial charge in [-0.3, -0.25) is 10.1 Å². The molecule has 1 saturated carbocycles. The van der Waals surface area contributed by atoms with E-state index in [0.717, 1.165) is 6.54 Å². The third-order valence-electron chi connectivity index (χ3n) is 4.62. The Labute approximate surface area is 115 Å². The Balaban J connectivity index is 1.80. The van der Waals surface area contributed by atoms with Crippen molar-refractivity contribution in [3.8, 4) is 0 Å². The summed E-state index contributed by atoms with van der Waals surface area (Å²) in [7, 11) is 0. The zero-order chi connectivity index (χ0) is 13.6. The van der Waals surface area contributed by atoms with Crippen LogP contribution in [0.1, 0.15) is 38.9 Å². The van der Waals surface area contributed by atoms with Crippen molar-refractivity contribution in [1.29, 1.82) is 0 Å². The van der Waals surface area contributed by atoms with Crippen LogP contribution in [-0.2, 0) is 4.79 Å². The van der Waals surface area contributed by atoms with E-state index in [-0.39, 0.29) is 18.1 Å². The van der Waals surface area contributed by atoms with E-state index in [1.807, 2.05) is 30.0 Å². The largest absolute Gasteiger partial charge is 0.321 e. The first-order valence-corrected chi connectivity index (χ1v) is 7.10. The molecule has 2 aliphatic rings. The fraction of sp³-hybridized carbons (Fsp3) is 0.562. The third-order valence-corrected chi connectivity index (χ3v) is 4.62. The Hall–Kier alpha value is -1.35. The molecule has 0 bridgehead atoms. The van der Waals surface area contributed by atoms with E-state index in [4.69, 9.17) is 0 Å². The van der Waals surface area contributed by atoms with Gasteiger partial charge < -0.3 is 4.90 Å². The quantitative estimate of drug-likeness (QED) is 0.903. The van der Waals surface area contributed by atoms with Crippen LogP contribution in [0.2, 0.25) is 0 Å². The van der Waals surface area contributed by atoms with E-state index < -0.39 is 0 Å². The first-order valence-electron chi connectivity index (χ1n) is 7.10. The predicted octanol–water partition coefficient (Wildman–Crippen LogP) is 2.55. The summed E-state index contributed by atoms with van der Waals surface area (Å²) in [4.78, 5) is 14.4. The lowest BCUT2D eigenvalue weighted by atomic mass is 10.1. The molecule has 3 unspecified atom stereocenters. The van der Waals surface area contributed by atoms with Crippen LogP contribution in [0.4, 0.5) is 0 Å². The molecule has 1 N–H and O–H groups in total. The smallest absolute Gasteiger partial charge is 0.241 e. The van der Waals surface area contributed by atoms with Crippen molar-refractivity contribution in [3.63, 3.8) is 0 Å². The van der Waals surface area contributed by atoms with Crippen LogP contribution in [0.3, 0.4) is 0 Å². The summed E-state index contributed by atoms with van der Waals surface area (Å²) in [6.45, 7) is 7.40. The maximum atomic E-state index is 12.3. The second kappa shape index (κ2) is 4.34. The molecule has 1 aromatic rings. The molecule has 3 nitrogen and oxygen atoms in total. The molecule has 1 saturated heterocycles. The Morgan fingerprint density at radius 2 is 1.95 bits per heavy atom. The first kappa shape index (κ1) is 12.7. The molecule has 0 aromatic heterocycles. The summed E-state index contributed by atoms with van der Waals surface area (Å²) in [5.74, 6) is 0.881. The van der Waals surface area contributed by atoms with E-state index >= 15 is 0 Å². The molecule has 102 valence electrons. The number of carbonyl (C=O) groups excluding carboxylic acids is 1. The van der Waals surface area contributed by atoms with Crippen molar-refractivity contribution in [3.05, 3.63) is 35.9 Å². The number of nitrogens with one attached hydrogen (secondary N) is 1. The van der Waals surface area contributed by atoms with Gasteiger partial charge in [0.2, 0.25) is 5.91 Å². The highest BCUT2D eigenvalue weighted by Crippen LogP contribution is 2.52. The van der Waals surface area contributed by atoms with Gasteiger partial charge in [-0.15, -0.1) is 0 Å². The standard InChI is InChI=1S/C16H22N2O/c1-11-15(19)18(10-13-9-16(13,2)3)14(17-11)12-7-5-4-6-8-12/h4-8,11,13-14,17H,9-10H2,1-3H3. The zero-order valence-corrected chi connectivity index (χ0v) is 11.9. The molecule has 19 heavy (non-hydrogen) atoms. The lowest BCUT2D eigenvalue weighted by molar-refractivity contribution is -0.130. The Kier molecular flexibility index (Phi) is 2.90. The SMILES string of the molecule is CC1NC(c2ccccc2)N(CC2CC2(C)C)C1=O. The molecule has 1 heterocycles. The second-order valence-corrected chi connectivity index (χ2v) is 6.58. The highest BCUT2D eigenvalue weighted by Gasteiger charge is 2.49. The normalized spacial score (nSPS) is 32.7. The highest BCUT2D eigenvalue weighted by molar-refractivity contribution is 5.84. The van der Waals surface area contributed by atoms with Crippen LogP contribution in [0.25, 0.3) is 0 Å². The monoisotopic (exact) mass is 258 g/mol. The molecule has 1 aliphatic carbocycles. The first-order chi connectivity index (χ1) is 8.99. The van der Waals surface area contributed by atoms with Crippen LogP contribution in [-0.4, -0.2) is 23.4 Å². The summed E-state index contributed by atoms with van der Waals surface area (Å²) >= 11 is 0. The Bertz CT molecular complexity index is 483. The summed E-state index contributed by atoms with van der Waals surface area (Å²) < 4.78 is 0. The maximum Gasteiger partial charge on any atom is 0.241 e. The molecule has 1 aromatic carbocycles. The topological polar surface area (TPSA) is 32.3 Å². The molecular formula is C16H22N2O. The fourth-order valence-electron chi connectivity index (χ4n) is 3.01. The highest BCUT2D eigenvalue weighted by atomic mass is 16.2. The van der Waals surface area contributed by atoms with E-state index in [0.29, 0.717) is 11.3 Å². The number of nitrogens with zero attached hydrogens (tertiary/aromatic N) is 1. The summed E-state index contributed by atoms with van der Waals surface area (Å²) in [6, 6.07) is 10.2. The van der Waals surface area contributed by atoms with Crippen molar-refractivity contribution in [2.75, 3.05) is 6.54 Å². The van der Waals surface area contributed by atoms with Gasteiger partial charge in [0, 0.05) is 6.54 Å². The molecule has 1 amide bonds. The van der Waals surface area contributed by atoms with Gasteiger partial charge in [0.15, 0.2) is 0 Å². The Morgan fingerprint density at radius 1 is 1.32 bits per heavy atom. The van der Waals surface area contributed by atoms with Gasteiger partial charge in [-0.1, -0.05) is 44.2 Å². The fourth-order valence-corrected chi connectivity index (χ4v) is 3.01. The van der Waals surface area contributed by atoms with Gasteiger partial charge in [-0.05, 0) is 30.2 Å². The number of rotatable bonds is 3. The van der Waals surface area contributed by atoms with Gasteiger partial charge in [-0.2, -0.15) is 0 Å². The van der Waals surface area contributed by atoms with E-state index in [1.54, 1.807) is 0 Å². The second-order valence-electron chi connectivity index (χ2n) is 6.58. The van der Waals surface area contributed by atoms with Gasteiger partial charge in [-0.25, -0.2) is 0 Å². The van der Waals surface area contributed by atoms with Gasteiger partial charge >= 0.3 is 0 Å². The van der Waals surface area contributed by atoms with Crippen LogP contribution in [0, 0.1) is 11.3 Å². The lowest BCUT2D eigenvalue weighted by Crippen LogP contribution is -2.33.